The Balaban J connectivity index is 0.000000184. The molecule has 0 saturated heterocycles. The molecular formula is C52H48IrN4O-2. The Morgan fingerprint density at radius 3 is 2.09 bits per heavy atom. The fourth-order valence-electron chi connectivity index (χ4n) is 7.20. The van der Waals surface area contributed by atoms with Crippen LogP contribution in [-0.2, 0) is 26.5 Å². The molecule has 4 aromatic heterocycles. The van der Waals surface area contributed by atoms with E-state index in [1.54, 1.807) is 12.4 Å². The van der Waals surface area contributed by atoms with E-state index in [9.17, 15) is 0 Å². The van der Waals surface area contributed by atoms with Gasteiger partial charge in [0.25, 0.3) is 0 Å². The first kappa shape index (κ1) is 35.5. The molecule has 293 valence electrons. The summed E-state index contributed by atoms with van der Waals surface area (Å²) in [5, 5.41) is 2.12. The van der Waals surface area contributed by atoms with Crippen LogP contribution in [-0.4, -0.2) is 19.5 Å². The number of fused-ring (bicyclic) bond motifs is 4. The summed E-state index contributed by atoms with van der Waals surface area (Å²) in [6.07, 6.45) is 1.93. The van der Waals surface area contributed by atoms with Crippen molar-refractivity contribution in [1.29, 1.82) is 0 Å². The van der Waals surface area contributed by atoms with Gasteiger partial charge in [-0.15, -0.1) is 54.1 Å². The maximum atomic E-state index is 8.80. The summed E-state index contributed by atoms with van der Waals surface area (Å²) in [6.45, 7) is 13.2. The fraction of sp³-hybridized carbons (Fsp3) is 0.212. The van der Waals surface area contributed by atoms with Gasteiger partial charge in [0.1, 0.15) is 5.58 Å². The first-order valence-corrected chi connectivity index (χ1v) is 19.3. The van der Waals surface area contributed by atoms with Crippen LogP contribution in [0.4, 0.5) is 0 Å². The van der Waals surface area contributed by atoms with Crippen molar-refractivity contribution in [3.05, 3.63) is 169 Å². The maximum Gasteiger partial charge on any atom is 0.120 e. The third kappa shape index (κ3) is 8.32. The molecule has 5 aromatic carbocycles. The molecule has 0 aliphatic carbocycles. The van der Waals surface area contributed by atoms with Gasteiger partial charge in [-0.3, -0.25) is 9.97 Å². The van der Waals surface area contributed by atoms with Crippen molar-refractivity contribution < 1.29 is 30.0 Å². The van der Waals surface area contributed by atoms with Crippen molar-refractivity contribution in [2.24, 2.45) is 5.41 Å². The smallest absolute Gasteiger partial charge is 0.120 e. The quantitative estimate of drug-likeness (QED) is 0.149. The van der Waals surface area contributed by atoms with E-state index in [1.807, 2.05) is 170 Å². The van der Waals surface area contributed by atoms with E-state index in [-0.39, 0.29) is 20.1 Å². The molecule has 0 bridgehead atoms. The van der Waals surface area contributed by atoms with Gasteiger partial charge in [-0.05, 0) is 70.2 Å². The van der Waals surface area contributed by atoms with Gasteiger partial charge in [0.15, 0.2) is 0 Å². The third-order valence-electron chi connectivity index (χ3n) is 9.78. The van der Waals surface area contributed by atoms with Gasteiger partial charge in [-0.1, -0.05) is 126 Å². The molecule has 4 heterocycles. The van der Waals surface area contributed by atoms with E-state index in [1.165, 1.54) is 0 Å². The minimum absolute atomic E-state index is 0. The van der Waals surface area contributed by atoms with E-state index in [4.69, 9.17) is 14.9 Å². The molecule has 0 atom stereocenters. The summed E-state index contributed by atoms with van der Waals surface area (Å²) in [6, 6.07) is 47.8. The van der Waals surface area contributed by atoms with Gasteiger partial charge in [-0.25, -0.2) is 0 Å². The number of benzene rings is 5. The molecule has 0 aliphatic rings. The maximum absolute atomic E-state index is 8.80. The number of hydrogen-bond donors (Lipinski definition) is 0. The van der Waals surface area contributed by atoms with Crippen LogP contribution in [0.25, 0.3) is 72.6 Å². The first-order valence-electron chi connectivity index (χ1n) is 21.3. The summed E-state index contributed by atoms with van der Waals surface area (Å²) in [4.78, 5) is 14.1. The number of para-hydroxylation sites is 4. The molecule has 0 unspecified atom stereocenters. The van der Waals surface area contributed by atoms with E-state index in [0.717, 1.165) is 83.7 Å². The Bertz CT molecular complexity index is 2960. The van der Waals surface area contributed by atoms with E-state index >= 15 is 0 Å². The zero-order valence-electron chi connectivity index (χ0n) is 37.8. The molecule has 6 heteroatoms. The topological polar surface area (TPSA) is 56.7 Å². The largest absolute Gasteiger partial charge is 0.501 e. The van der Waals surface area contributed by atoms with Gasteiger partial charge < -0.3 is 14.0 Å². The van der Waals surface area contributed by atoms with Gasteiger partial charge in [0.05, 0.1) is 28.1 Å². The second-order valence-corrected chi connectivity index (χ2v) is 15.7. The van der Waals surface area contributed by atoms with Crippen LogP contribution in [0.3, 0.4) is 0 Å². The minimum atomic E-state index is -1.47. The molecule has 0 fully saturated rings. The molecule has 0 aliphatic heterocycles. The fourth-order valence-corrected chi connectivity index (χ4v) is 7.20. The van der Waals surface area contributed by atoms with Crippen LogP contribution >= 0.6 is 0 Å². The molecule has 0 amide bonds. The predicted molar refractivity (Wildman–Crippen MR) is 236 cm³/mol. The molecule has 58 heavy (non-hydrogen) atoms. The Morgan fingerprint density at radius 1 is 0.707 bits per heavy atom. The second kappa shape index (κ2) is 17.0. The normalized spacial score (nSPS) is 13.2. The van der Waals surface area contributed by atoms with Crippen molar-refractivity contribution in [3.63, 3.8) is 0 Å². The van der Waals surface area contributed by atoms with Gasteiger partial charge in [-0.2, -0.15) is 0 Å². The van der Waals surface area contributed by atoms with E-state index < -0.39 is 23.6 Å². The van der Waals surface area contributed by atoms with E-state index in [0.29, 0.717) is 5.56 Å². The average Bonchev–Trinajstić information content (AvgIpc) is 3.82. The van der Waals surface area contributed by atoms with Crippen LogP contribution in [0.1, 0.15) is 82.4 Å². The number of aromatic nitrogens is 4. The first-order chi connectivity index (χ1) is 28.9. The standard InChI is InChI=1S/C27H23N2O.C25H25N2.Ir/c1-27(2,3)15-18-11-13-23(28-16-18)19-12-14-24(29-17-19)22-9-6-8-21-20-7-4-5-10-25(20)30-26(21)22;1-17(2)20-13-10-14-21(18(3)4)24(20)27-23-16-9-8-15-22(23)26-25(27)19-11-6-5-7-12-19;/h4-8,10-14,16-17H,15H2,1-3H3;5-11,13-18H,1-4H3;/q2*-1;/i15D2;17D,18D;. The van der Waals surface area contributed by atoms with Gasteiger partial charge in [0, 0.05) is 54.6 Å². The van der Waals surface area contributed by atoms with Crippen LogP contribution in [0.2, 0.25) is 0 Å². The number of furan rings is 1. The number of pyridine rings is 2. The minimum Gasteiger partial charge on any atom is -0.501 e. The Morgan fingerprint density at radius 2 is 1.41 bits per heavy atom. The average molecular weight is 941 g/mol. The molecular weight excluding hydrogens is 889 g/mol. The summed E-state index contributed by atoms with van der Waals surface area (Å²) < 4.78 is 42.7. The van der Waals surface area contributed by atoms with Crippen LogP contribution in [0.15, 0.2) is 144 Å². The van der Waals surface area contributed by atoms with Crippen molar-refractivity contribution in [1.82, 2.24) is 19.5 Å². The van der Waals surface area contributed by atoms with Crippen molar-refractivity contribution in [2.75, 3.05) is 0 Å². The van der Waals surface area contributed by atoms with Crippen molar-refractivity contribution in [3.8, 4) is 39.6 Å². The third-order valence-corrected chi connectivity index (χ3v) is 9.78. The molecule has 9 aromatic rings. The molecule has 5 nitrogen and oxygen atoms in total. The molecule has 0 N–H and O–H groups in total. The van der Waals surface area contributed by atoms with Crippen molar-refractivity contribution in [2.45, 2.75) is 66.6 Å². The zero-order chi connectivity index (χ0) is 43.3. The van der Waals surface area contributed by atoms with Gasteiger partial charge >= 0.3 is 0 Å². The molecule has 9 rings (SSSR count). The van der Waals surface area contributed by atoms with Crippen molar-refractivity contribution >= 4 is 33.0 Å². The van der Waals surface area contributed by atoms with Gasteiger partial charge in [0.2, 0.25) is 0 Å². The summed E-state index contributed by atoms with van der Waals surface area (Å²) >= 11 is 0. The number of nitrogens with zero attached hydrogens (tertiary/aromatic N) is 4. The Hall–Kier alpha value is -5.68. The van der Waals surface area contributed by atoms with Crippen LogP contribution in [0.5, 0.6) is 0 Å². The molecule has 1 radical (unpaired) electrons. The molecule has 0 saturated carbocycles. The summed E-state index contributed by atoms with van der Waals surface area (Å²) in [5.74, 6) is -0.895. The Kier molecular flexibility index (Phi) is 10.4. The monoisotopic (exact) mass is 941 g/mol. The van der Waals surface area contributed by atoms with Crippen LogP contribution < -0.4 is 0 Å². The summed E-state index contributed by atoms with van der Waals surface area (Å²) in [5.41, 5.74) is 10.2. The van der Waals surface area contributed by atoms with Crippen LogP contribution in [0, 0.1) is 17.5 Å². The zero-order valence-corrected chi connectivity index (χ0v) is 36.2. The number of hydrogen-bond acceptors (Lipinski definition) is 4. The molecule has 0 spiro atoms. The number of imidazole rings is 1. The summed E-state index contributed by atoms with van der Waals surface area (Å²) in [7, 11) is 0. The predicted octanol–water partition coefficient (Wildman–Crippen LogP) is 13.8. The second-order valence-electron chi connectivity index (χ2n) is 15.7. The number of rotatable bonds is 7. The Labute approximate surface area is 361 Å². The van der Waals surface area contributed by atoms with E-state index in [2.05, 4.69) is 32.7 Å². The SMILES string of the molecule is [2H]C(C)(C)c1cccc(C([2H])(C)C)c1-n1c(-c2[c-]cccc2)nc2ccccc21.[2H]C([2H])(c1ccc(-c2ccc(-c3[c-]ccc4c3oc3ccccc34)nc2)nc1)C(C)(C)C.[Ir].